The number of likely N-dealkylation sites (N-methyl/N-ethyl adjacent to an activating group) is 2. The van der Waals surface area contributed by atoms with Crippen molar-refractivity contribution >= 4 is 29.0 Å². The minimum absolute atomic E-state index is 0.142. The van der Waals surface area contributed by atoms with Crippen LogP contribution in [0, 0.1) is 10.1 Å². The van der Waals surface area contributed by atoms with Gasteiger partial charge in [0, 0.05) is 74.2 Å². The Morgan fingerprint density at radius 1 is 0.725 bits per heavy atom. The van der Waals surface area contributed by atoms with Crippen LogP contribution in [0.5, 0.6) is 0 Å². The normalized spacial score (nSPS) is 13.3. The summed E-state index contributed by atoms with van der Waals surface area (Å²) >= 11 is 0. The molecule has 1 heterocycles. The lowest BCUT2D eigenvalue weighted by molar-refractivity contribution is -0.384. The third-order valence-corrected chi connectivity index (χ3v) is 8.64. The number of dihydropyridines is 1. The number of rotatable bonds is 20. The number of anilines is 2. The number of para-hydroxylation sites is 2. The lowest BCUT2D eigenvalue weighted by Crippen LogP contribution is -2.33. The molecule has 3 N–H and O–H groups in total. The molecule has 272 valence electrons. The molecule has 0 radical (unpaired) electrons. The van der Waals surface area contributed by atoms with Gasteiger partial charge in [0.25, 0.3) is 5.69 Å². The first-order chi connectivity index (χ1) is 24.6. The molecule has 0 unspecified atom stereocenters. The summed E-state index contributed by atoms with van der Waals surface area (Å²) in [7, 11) is 4.02. The summed E-state index contributed by atoms with van der Waals surface area (Å²) in [5.74, 6) is -2.09. The van der Waals surface area contributed by atoms with Crippen LogP contribution in [0.3, 0.4) is 0 Å². The van der Waals surface area contributed by atoms with Crippen molar-refractivity contribution in [3.8, 4) is 0 Å². The van der Waals surface area contributed by atoms with Crippen LogP contribution in [0.25, 0.3) is 0 Å². The number of carbonyl (C=O) groups is 2. The molecule has 0 spiro atoms. The number of hydrogen-bond acceptors (Lipinski definition) is 11. The first-order valence-electron chi connectivity index (χ1n) is 17.4. The average molecular weight is 699 g/mol. The van der Waals surface area contributed by atoms with E-state index in [2.05, 4.69) is 25.8 Å². The number of nitrogens with zero attached hydrogens (tertiary/aromatic N) is 3. The number of esters is 2. The van der Waals surface area contributed by atoms with Crippen LogP contribution in [0.15, 0.2) is 107 Å². The molecule has 3 aromatic carbocycles. The number of ether oxygens (including phenoxy) is 2. The Bertz CT molecular complexity index is 1570. The van der Waals surface area contributed by atoms with E-state index in [-0.39, 0.29) is 30.0 Å². The predicted molar refractivity (Wildman–Crippen MR) is 200 cm³/mol. The van der Waals surface area contributed by atoms with Crippen LogP contribution in [-0.2, 0) is 19.1 Å². The molecule has 0 aromatic heterocycles. The third-order valence-electron chi connectivity index (χ3n) is 8.64. The first kappa shape index (κ1) is 38.6. The highest BCUT2D eigenvalue weighted by molar-refractivity contribution is 6.00. The minimum Gasteiger partial charge on any atom is -0.462 e. The maximum atomic E-state index is 13.7. The highest BCUT2D eigenvalue weighted by atomic mass is 16.6. The van der Waals surface area contributed by atoms with Gasteiger partial charge in [-0.1, -0.05) is 48.5 Å². The number of nitro benzene ring substituents is 1. The molecular formula is C39H50N6O6. The molecule has 0 saturated carbocycles. The van der Waals surface area contributed by atoms with Gasteiger partial charge in [0.05, 0.1) is 35.2 Å². The van der Waals surface area contributed by atoms with Gasteiger partial charge >= 0.3 is 11.9 Å². The van der Waals surface area contributed by atoms with Crippen molar-refractivity contribution in [2.24, 2.45) is 0 Å². The van der Waals surface area contributed by atoms with Gasteiger partial charge in [-0.05, 0) is 70.6 Å². The van der Waals surface area contributed by atoms with E-state index in [0.29, 0.717) is 42.9 Å². The second kappa shape index (κ2) is 19.9. The standard InChI is InChI=1S/C39H50N6O6/c1-29-35(38(46)50-26-12-22-43(3)24-20-40-32-15-7-5-8-16-32)37(31-14-11-19-34(28-31)45(48)49)36(30(2)42-29)39(47)51-27-13-23-44(4)25-21-41-33-17-9-6-10-18-33/h5-11,14-19,28,37,40-42H,12-13,20-27H2,1-4H3. The van der Waals surface area contributed by atoms with E-state index < -0.39 is 22.8 Å². The van der Waals surface area contributed by atoms with Crippen molar-refractivity contribution in [3.63, 3.8) is 0 Å². The van der Waals surface area contributed by atoms with Crippen molar-refractivity contribution < 1.29 is 24.0 Å². The predicted octanol–water partition coefficient (Wildman–Crippen LogP) is 5.78. The van der Waals surface area contributed by atoms with Gasteiger partial charge in [-0.3, -0.25) is 10.1 Å². The Hall–Kier alpha value is -5.20. The number of allylic oxidation sites excluding steroid dienone is 2. The van der Waals surface area contributed by atoms with Crippen LogP contribution in [0.2, 0.25) is 0 Å². The largest absolute Gasteiger partial charge is 0.462 e. The lowest BCUT2D eigenvalue weighted by atomic mass is 9.80. The SMILES string of the molecule is CC1=C(C(=O)OCCCN(C)CCNc2ccccc2)C(c2cccc([N+](=O)[O-])c2)C(C(=O)OCCCN(C)CCNc2ccccc2)=C(C)N1. The quantitative estimate of drug-likeness (QED) is 0.0573. The zero-order valence-corrected chi connectivity index (χ0v) is 30.0. The topological polar surface area (TPSA) is 138 Å². The van der Waals surface area contributed by atoms with Gasteiger partial charge in [-0.15, -0.1) is 0 Å². The second-order valence-corrected chi connectivity index (χ2v) is 12.7. The molecule has 12 heteroatoms. The highest BCUT2D eigenvalue weighted by Crippen LogP contribution is 2.40. The van der Waals surface area contributed by atoms with Crippen LogP contribution in [0.1, 0.15) is 38.2 Å². The monoisotopic (exact) mass is 698 g/mol. The van der Waals surface area contributed by atoms with Crippen molar-refractivity contribution in [1.82, 2.24) is 15.1 Å². The van der Waals surface area contributed by atoms with E-state index in [1.807, 2.05) is 74.8 Å². The molecular weight excluding hydrogens is 648 g/mol. The molecule has 0 aliphatic carbocycles. The van der Waals surface area contributed by atoms with Gasteiger partial charge in [0.15, 0.2) is 0 Å². The van der Waals surface area contributed by atoms with E-state index in [0.717, 1.165) is 37.6 Å². The zero-order valence-electron chi connectivity index (χ0n) is 30.0. The lowest BCUT2D eigenvalue weighted by Gasteiger charge is -2.30. The van der Waals surface area contributed by atoms with E-state index in [1.54, 1.807) is 26.0 Å². The maximum Gasteiger partial charge on any atom is 0.336 e. The van der Waals surface area contributed by atoms with Gasteiger partial charge < -0.3 is 35.2 Å². The van der Waals surface area contributed by atoms with Gasteiger partial charge in [0.2, 0.25) is 0 Å². The van der Waals surface area contributed by atoms with Crippen LogP contribution in [-0.4, -0.2) is 93.2 Å². The molecule has 0 amide bonds. The summed E-state index contributed by atoms with van der Waals surface area (Å²) in [5.41, 5.74) is 3.88. The van der Waals surface area contributed by atoms with E-state index in [1.165, 1.54) is 12.1 Å². The average Bonchev–Trinajstić information content (AvgIpc) is 3.12. The highest BCUT2D eigenvalue weighted by Gasteiger charge is 2.38. The number of hydrogen-bond donors (Lipinski definition) is 3. The molecule has 4 rings (SSSR count). The molecule has 1 aliphatic rings. The third kappa shape index (κ3) is 12.0. The zero-order chi connectivity index (χ0) is 36.6. The van der Waals surface area contributed by atoms with Gasteiger partial charge in [-0.2, -0.15) is 0 Å². The van der Waals surface area contributed by atoms with E-state index in [9.17, 15) is 19.7 Å². The molecule has 3 aromatic rings. The number of nitro groups is 1. The maximum absolute atomic E-state index is 13.7. The van der Waals surface area contributed by atoms with Crippen molar-refractivity contribution in [1.29, 1.82) is 0 Å². The Balaban J connectivity index is 1.35. The van der Waals surface area contributed by atoms with Crippen LogP contribution < -0.4 is 16.0 Å². The molecule has 1 aliphatic heterocycles. The fraction of sp³-hybridized carbons (Fsp3) is 0.385. The number of non-ortho nitro benzene ring substituents is 1. The van der Waals surface area contributed by atoms with Crippen molar-refractivity contribution in [3.05, 3.63) is 123 Å². The molecule has 0 bridgehead atoms. The van der Waals surface area contributed by atoms with Crippen LogP contribution >= 0.6 is 0 Å². The molecule has 51 heavy (non-hydrogen) atoms. The molecule has 0 saturated heterocycles. The number of nitrogens with one attached hydrogen (secondary N) is 3. The summed E-state index contributed by atoms with van der Waals surface area (Å²) in [4.78, 5) is 42.9. The fourth-order valence-corrected chi connectivity index (χ4v) is 5.96. The van der Waals surface area contributed by atoms with E-state index >= 15 is 0 Å². The van der Waals surface area contributed by atoms with Crippen molar-refractivity contribution in [2.75, 3.05) is 77.2 Å². The first-order valence-corrected chi connectivity index (χ1v) is 17.4. The Morgan fingerprint density at radius 3 is 1.65 bits per heavy atom. The molecule has 0 fully saturated rings. The Morgan fingerprint density at radius 2 is 1.20 bits per heavy atom. The van der Waals surface area contributed by atoms with Crippen LogP contribution in [0.4, 0.5) is 17.1 Å². The van der Waals surface area contributed by atoms with Gasteiger partial charge in [-0.25, -0.2) is 9.59 Å². The smallest absolute Gasteiger partial charge is 0.336 e. The molecule has 12 nitrogen and oxygen atoms in total. The summed E-state index contributed by atoms with van der Waals surface area (Å²) in [5, 5.41) is 21.6. The Kier molecular flexibility index (Phi) is 15.0. The minimum atomic E-state index is -0.912. The van der Waals surface area contributed by atoms with Crippen molar-refractivity contribution in [2.45, 2.75) is 32.6 Å². The summed E-state index contributed by atoms with van der Waals surface area (Å²) in [6, 6.07) is 26.0. The van der Waals surface area contributed by atoms with E-state index in [4.69, 9.17) is 9.47 Å². The second-order valence-electron chi connectivity index (χ2n) is 12.7. The number of benzene rings is 3. The fourth-order valence-electron chi connectivity index (χ4n) is 5.96. The Labute approximate surface area is 300 Å². The number of carbonyl (C=O) groups excluding carboxylic acids is 2. The van der Waals surface area contributed by atoms with Gasteiger partial charge in [0.1, 0.15) is 0 Å². The summed E-state index contributed by atoms with van der Waals surface area (Å²) in [6.45, 7) is 8.41. The summed E-state index contributed by atoms with van der Waals surface area (Å²) < 4.78 is 11.5. The molecule has 0 atom stereocenters. The summed E-state index contributed by atoms with van der Waals surface area (Å²) in [6.07, 6.45) is 1.21.